The van der Waals surface area contributed by atoms with Crippen LogP contribution in [-0.2, 0) is 5.75 Å². The molecule has 2 rings (SSSR count). The third-order valence-electron chi connectivity index (χ3n) is 2.32. The van der Waals surface area contributed by atoms with Crippen molar-refractivity contribution >= 4 is 34.7 Å². The van der Waals surface area contributed by atoms with Gasteiger partial charge in [0.1, 0.15) is 0 Å². The molecule has 0 fully saturated rings. The van der Waals surface area contributed by atoms with E-state index in [1.54, 1.807) is 17.8 Å². The molecule has 17 heavy (non-hydrogen) atoms. The summed E-state index contributed by atoms with van der Waals surface area (Å²) in [7, 11) is 0. The van der Waals surface area contributed by atoms with Crippen LogP contribution in [0, 0.1) is 0 Å². The molecule has 88 valence electrons. The molecule has 0 heterocycles. The standard InChI is InChI=1S/C13H13ClN2S/c14-10-4-5-12(16)13(7-10)17-8-9-2-1-3-11(15)6-9/h1-7H,8,15-16H2. The van der Waals surface area contributed by atoms with Gasteiger partial charge in [0.2, 0.25) is 0 Å². The molecule has 0 aliphatic carbocycles. The first kappa shape index (κ1) is 12.1. The molecule has 0 aliphatic rings. The van der Waals surface area contributed by atoms with Crippen molar-refractivity contribution < 1.29 is 0 Å². The lowest BCUT2D eigenvalue weighted by Crippen LogP contribution is -1.90. The highest BCUT2D eigenvalue weighted by atomic mass is 35.5. The summed E-state index contributed by atoms with van der Waals surface area (Å²) in [6.45, 7) is 0. The van der Waals surface area contributed by atoms with Gasteiger partial charge in [-0.25, -0.2) is 0 Å². The fourth-order valence-electron chi connectivity index (χ4n) is 1.48. The minimum Gasteiger partial charge on any atom is -0.399 e. The van der Waals surface area contributed by atoms with Crippen molar-refractivity contribution in [3.63, 3.8) is 0 Å². The van der Waals surface area contributed by atoms with Gasteiger partial charge in [-0.3, -0.25) is 0 Å². The zero-order chi connectivity index (χ0) is 12.3. The van der Waals surface area contributed by atoms with E-state index >= 15 is 0 Å². The van der Waals surface area contributed by atoms with E-state index in [-0.39, 0.29) is 0 Å². The second-order valence-electron chi connectivity index (χ2n) is 3.72. The number of nitrogens with two attached hydrogens (primary N) is 2. The quantitative estimate of drug-likeness (QED) is 0.655. The molecule has 0 saturated carbocycles. The van der Waals surface area contributed by atoms with Gasteiger partial charge in [0.15, 0.2) is 0 Å². The molecular formula is C13H13ClN2S. The molecule has 2 nitrogen and oxygen atoms in total. The van der Waals surface area contributed by atoms with Crippen molar-refractivity contribution in [2.45, 2.75) is 10.6 Å². The van der Waals surface area contributed by atoms with Gasteiger partial charge in [0, 0.05) is 27.0 Å². The van der Waals surface area contributed by atoms with Gasteiger partial charge < -0.3 is 11.5 Å². The summed E-state index contributed by atoms with van der Waals surface area (Å²) in [5, 5.41) is 0.703. The van der Waals surface area contributed by atoms with Crippen LogP contribution in [0.2, 0.25) is 5.02 Å². The van der Waals surface area contributed by atoms with E-state index in [0.29, 0.717) is 5.02 Å². The Kier molecular flexibility index (Phi) is 3.82. The van der Waals surface area contributed by atoms with Crippen LogP contribution in [0.4, 0.5) is 11.4 Å². The predicted octanol–water partition coefficient (Wildman–Crippen LogP) is 3.80. The fourth-order valence-corrected chi connectivity index (χ4v) is 2.66. The second-order valence-corrected chi connectivity index (χ2v) is 5.17. The van der Waals surface area contributed by atoms with E-state index in [0.717, 1.165) is 22.0 Å². The Morgan fingerprint density at radius 2 is 1.88 bits per heavy atom. The molecule has 0 aliphatic heterocycles. The average molecular weight is 265 g/mol. The molecule has 4 N–H and O–H groups in total. The van der Waals surface area contributed by atoms with E-state index in [9.17, 15) is 0 Å². The van der Waals surface area contributed by atoms with Crippen molar-refractivity contribution in [3.8, 4) is 0 Å². The number of thioether (sulfide) groups is 1. The summed E-state index contributed by atoms with van der Waals surface area (Å²) in [6.07, 6.45) is 0. The second kappa shape index (κ2) is 5.34. The molecule has 0 amide bonds. The van der Waals surface area contributed by atoms with Gasteiger partial charge in [-0.05, 0) is 35.9 Å². The van der Waals surface area contributed by atoms with Crippen molar-refractivity contribution in [1.82, 2.24) is 0 Å². The fraction of sp³-hybridized carbons (Fsp3) is 0.0769. The van der Waals surface area contributed by atoms with Crippen LogP contribution < -0.4 is 11.5 Å². The summed E-state index contributed by atoms with van der Waals surface area (Å²) < 4.78 is 0. The number of anilines is 2. The molecule has 4 heteroatoms. The highest BCUT2D eigenvalue weighted by Crippen LogP contribution is 2.30. The highest BCUT2D eigenvalue weighted by Gasteiger charge is 2.02. The monoisotopic (exact) mass is 264 g/mol. The van der Waals surface area contributed by atoms with Crippen LogP contribution in [0.1, 0.15) is 5.56 Å². The molecule has 0 spiro atoms. The Bertz CT molecular complexity index is 529. The smallest absolute Gasteiger partial charge is 0.0453 e. The van der Waals surface area contributed by atoms with Crippen molar-refractivity contribution in [1.29, 1.82) is 0 Å². The maximum Gasteiger partial charge on any atom is 0.0453 e. The molecule has 2 aromatic carbocycles. The van der Waals surface area contributed by atoms with Gasteiger partial charge in [-0.2, -0.15) is 0 Å². The maximum absolute atomic E-state index is 5.93. The van der Waals surface area contributed by atoms with Crippen molar-refractivity contribution in [2.75, 3.05) is 11.5 Å². The summed E-state index contributed by atoms with van der Waals surface area (Å²) in [5.41, 5.74) is 14.3. The molecule has 0 radical (unpaired) electrons. The number of hydrogen-bond donors (Lipinski definition) is 2. The molecule has 0 aromatic heterocycles. The van der Waals surface area contributed by atoms with E-state index in [1.807, 2.05) is 36.4 Å². The lowest BCUT2D eigenvalue weighted by atomic mass is 10.2. The van der Waals surface area contributed by atoms with E-state index < -0.39 is 0 Å². The van der Waals surface area contributed by atoms with Crippen LogP contribution in [0.3, 0.4) is 0 Å². The summed E-state index contributed by atoms with van der Waals surface area (Å²) in [5.74, 6) is 0.829. The SMILES string of the molecule is Nc1cccc(CSc2cc(Cl)ccc2N)c1. The zero-order valence-electron chi connectivity index (χ0n) is 9.19. The number of hydrogen-bond acceptors (Lipinski definition) is 3. The predicted molar refractivity (Wildman–Crippen MR) is 76.3 cm³/mol. The van der Waals surface area contributed by atoms with Crippen LogP contribution in [0.5, 0.6) is 0 Å². The molecule has 2 aromatic rings. The molecule has 0 bridgehead atoms. The minimum absolute atomic E-state index is 0.703. The Morgan fingerprint density at radius 3 is 2.65 bits per heavy atom. The van der Waals surface area contributed by atoms with Crippen molar-refractivity contribution in [2.24, 2.45) is 0 Å². The van der Waals surface area contributed by atoms with Crippen LogP contribution in [0.25, 0.3) is 0 Å². The highest BCUT2D eigenvalue weighted by molar-refractivity contribution is 7.98. The Morgan fingerprint density at radius 1 is 1.06 bits per heavy atom. The largest absolute Gasteiger partial charge is 0.399 e. The van der Waals surface area contributed by atoms with Crippen LogP contribution in [0.15, 0.2) is 47.4 Å². The summed E-state index contributed by atoms with van der Waals surface area (Å²) in [6, 6.07) is 13.3. The third kappa shape index (κ3) is 3.32. The van der Waals surface area contributed by atoms with Crippen LogP contribution >= 0.6 is 23.4 Å². The topological polar surface area (TPSA) is 52.0 Å². The molecule has 0 unspecified atom stereocenters. The number of halogens is 1. The number of nitrogen functional groups attached to an aromatic ring is 2. The Balaban J connectivity index is 2.09. The van der Waals surface area contributed by atoms with E-state index in [2.05, 4.69) is 0 Å². The number of benzene rings is 2. The minimum atomic E-state index is 0.703. The third-order valence-corrected chi connectivity index (χ3v) is 3.70. The van der Waals surface area contributed by atoms with Gasteiger partial charge in [0.25, 0.3) is 0 Å². The normalized spacial score (nSPS) is 10.4. The van der Waals surface area contributed by atoms with Gasteiger partial charge in [0.05, 0.1) is 0 Å². The van der Waals surface area contributed by atoms with Gasteiger partial charge in [-0.1, -0.05) is 23.7 Å². The van der Waals surface area contributed by atoms with Gasteiger partial charge >= 0.3 is 0 Å². The van der Waals surface area contributed by atoms with Crippen LogP contribution in [-0.4, -0.2) is 0 Å². The lowest BCUT2D eigenvalue weighted by Gasteiger charge is -2.06. The van der Waals surface area contributed by atoms with E-state index in [1.165, 1.54) is 5.56 Å². The first-order chi connectivity index (χ1) is 8.15. The maximum atomic E-state index is 5.93. The Labute approximate surface area is 110 Å². The van der Waals surface area contributed by atoms with Crippen molar-refractivity contribution in [3.05, 3.63) is 53.1 Å². The lowest BCUT2D eigenvalue weighted by molar-refractivity contribution is 1.38. The molecule has 0 atom stereocenters. The zero-order valence-corrected chi connectivity index (χ0v) is 10.8. The van der Waals surface area contributed by atoms with Gasteiger partial charge in [-0.15, -0.1) is 11.8 Å². The number of rotatable bonds is 3. The molecular weight excluding hydrogens is 252 g/mol. The average Bonchev–Trinajstić information content (AvgIpc) is 2.30. The first-order valence-corrected chi connectivity index (χ1v) is 6.54. The molecule has 0 saturated heterocycles. The summed E-state index contributed by atoms with van der Waals surface area (Å²) in [4.78, 5) is 1.000. The first-order valence-electron chi connectivity index (χ1n) is 5.17. The summed E-state index contributed by atoms with van der Waals surface area (Å²) >= 11 is 7.59. The Hall–Kier alpha value is -1.32. The van der Waals surface area contributed by atoms with E-state index in [4.69, 9.17) is 23.1 Å².